The highest BCUT2D eigenvalue weighted by atomic mass is 35.5. The van der Waals surface area contributed by atoms with Crippen LogP contribution >= 0.6 is 11.6 Å². The van der Waals surface area contributed by atoms with Gasteiger partial charge in [0, 0.05) is 30.2 Å². The summed E-state index contributed by atoms with van der Waals surface area (Å²) in [6, 6.07) is 7.69. The zero-order valence-electron chi connectivity index (χ0n) is 18.3. The lowest BCUT2D eigenvalue weighted by Crippen LogP contribution is -2.47. The van der Waals surface area contributed by atoms with Gasteiger partial charge in [0.2, 0.25) is 0 Å². The number of cyclic esters (lactones) is 1. The highest BCUT2D eigenvalue weighted by molar-refractivity contribution is 6.31. The number of carbonyl (C=O) groups excluding carboxylic acids is 1. The van der Waals surface area contributed by atoms with Crippen molar-refractivity contribution in [2.75, 3.05) is 38.7 Å². The lowest BCUT2D eigenvalue weighted by atomic mass is 10.2. The van der Waals surface area contributed by atoms with Gasteiger partial charge in [-0.05, 0) is 37.6 Å². The molecule has 174 valence electrons. The molecule has 2 heterocycles. The van der Waals surface area contributed by atoms with Crippen LogP contribution in [0.2, 0.25) is 5.02 Å². The molecule has 0 saturated carbocycles. The van der Waals surface area contributed by atoms with E-state index in [9.17, 15) is 9.18 Å². The Morgan fingerprint density at radius 2 is 2.12 bits per heavy atom. The van der Waals surface area contributed by atoms with Crippen LogP contribution in [0.5, 0.6) is 11.5 Å². The van der Waals surface area contributed by atoms with Crippen molar-refractivity contribution in [3.8, 4) is 11.5 Å². The molecule has 33 heavy (non-hydrogen) atoms. The number of benzene rings is 2. The van der Waals surface area contributed by atoms with Crippen molar-refractivity contribution < 1.29 is 23.4 Å². The molecule has 0 bridgehead atoms. The standard InChI is InChI=1S/C23H24ClFN4O4/c1-14-23(30)33-9-7-29(14)6-3-8-32-21-11-16-19(12-20(21)31-2)26-13-27-22(16)28-15-4-5-18(25)17(24)10-15/h4-5,10-14H,3,6-9H2,1-2H3,(H,26,27,28). The van der Waals surface area contributed by atoms with Crippen LogP contribution in [0.1, 0.15) is 13.3 Å². The number of hydrogen-bond acceptors (Lipinski definition) is 8. The first-order valence-electron chi connectivity index (χ1n) is 10.5. The van der Waals surface area contributed by atoms with E-state index in [1.165, 1.54) is 18.5 Å². The number of nitrogens with one attached hydrogen (secondary N) is 1. The summed E-state index contributed by atoms with van der Waals surface area (Å²) in [5.41, 5.74) is 1.25. The van der Waals surface area contributed by atoms with Gasteiger partial charge in [-0.1, -0.05) is 11.6 Å². The van der Waals surface area contributed by atoms with Crippen LogP contribution in [0.3, 0.4) is 0 Å². The van der Waals surface area contributed by atoms with Crippen LogP contribution in [0.15, 0.2) is 36.7 Å². The smallest absolute Gasteiger partial charge is 0.323 e. The van der Waals surface area contributed by atoms with Crippen LogP contribution in [0, 0.1) is 5.82 Å². The van der Waals surface area contributed by atoms with Crippen molar-refractivity contribution in [1.29, 1.82) is 0 Å². The molecule has 0 radical (unpaired) electrons. The van der Waals surface area contributed by atoms with E-state index in [2.05, 4.69) is 20.2 Å². The van der Waals surface area contributed by atoms with Gasteiger partial charge < -0.3 is 19.5 Å². The molecular formula is C23H24ClFN4O4. The molecule has 0 amide bonds. The maximum atomic E-state index is 13.5. The molecule has 4 rings (SSSR count). The quantitative estimate of drug-likeness (QED) is 0.384. The van der Waals surface area contributed by atoms with E-state index in [1.807, 2.05) is 13.0 Å². The highest BCUT2D eigenvalue weighted by Crippen LogP contribution is 2.35. The van der Waals surface area contributed by atoms with Crippen molar-refractivity contribution in [2.45, 2.75) is 19.4 Å². The first kappa shape index (κ1) is 23.0. The van der Waals surface area contributed by atoms with Crippen LogP contribution in [0.25, 0.3) is 10.9 Å². The van der Waals surface area contributed by atoms with Gasteiger partial charge in [0.15, 0.2) is 11.5 Å². The Morgan fingerprint density at radius 1 is 1.27 bits per heavy atom. The molecule has 1 N–H and O–H groups in total. The predicted molar refractivity (Wildman–Crippen MR) is 123 cm³/mol. The molecule has 8 nitrogen and oxygen atoms in total. The van der Waals surface area contributed by atoms with Crippen LogP contribution < -0.4 is 14.8 Å². The van der Waals surface area contributed by atoms with E-state index < -0.39 is 5.82 Å². The molecule has 1 aliphatic rings. The lowest BCUT2D eigenvalue weighted by molar-refractivity contribution is -0.156. The van der Waals surface area contributed by atoms with E-state index >= 15 is 0 Å². The van der Waals surface area contributed by atoms with E-state index in [1.54, 1.807) is 19.2 Å². The van der Waals surface area contributed by atoms with E-state index in [-0.39, 0.29) is 17.0 Å². The number of esters is 1. The number of nitrogens with zero attached hydrogens (tertiary/aromatic N) is 3. The Kier molecular flexibility index (Phi) is 7.10. The Labute approximate surface area is 195 Å². The van der Waals surface area contributed by atoms with Crippen LogP contribution in [-0.2, 0) is 9.53 Å². The predicted octanol–water partition coefficient (Wildman–Crippen LogP) is 4.19. The van der Waals surface area contributed by atoms with E-state index in [4.69, 9.17) is 25.8 Å². The summed E-state index contributed by atoms with van der Waals surface area (Å²) in [5.74, 6) is 0.931. The second-order valence-electron chi connectivity index (χ2n) is 7.58. The third-order valence-electron chi connectivity index (χ3n) is 5.46. The molecule has 10 heteroatoms. The zero-order chi connectivity index (χ0) is 23.4. The van der Waals surface area contributed by atoms with Crippen LogP contribution in [0.4, 0.5) is 15.9 Å². The summed E-state index contributed by atoms with van der Waals surface area (Å²) in [6.07, 6.45) is 2.16. The fourth-order valence-electron chi connectivity index (χ4n) is 3.63. The second-order valence-corrected chi connectivity index (χ2v) is 7.99. The molecule has 3 aromatic rings. The molecule has 1 aliphatic heterocycles. The zero-order valence-corrected chi connectivity index (χ0v) is 19.1. The van der Waals surface area contributed by atoms with Gasteiger partial charge in [-0.2, -0.15) is 0 Å². The molecule has 1 atom stereocenters. The molecule has 1 aromatic heterocycles. The SMILES string of the molecule is COc1cc2ncnc(Nc3ccc(F)c(Cl)c3)c2cc1OCCCN1CCOC(=O)C1C. The molecule has 0 spiro atoms. The van der Waals surface area contributed by atoms with Gasteiger partial charge in [0.05, 0.1) is 24.3 Å². The lowest BCUT2D eigenvalue weighted by Gasteiger charge is -2.31. The third kappa shape index (κ3) is 5.26. The van der Waals surface area contributed by atoms with Gasteiger partial charge in [-0.25, -0.2) is 14.4 Å². The summed E-state index contributed by atoms with van der Waals surface area (Å²) in [7, 11) is 1.57. The topological polar surface area (TPSA) is 85.8 Å². The molecule has 1 fully saturated rings. The average Bonchev–Trinajstić information content (AvgIpc) is 2.81. The summed E-state index contributed by atoms with van der Waals surface area (Å²) in [6.45, 7) is 4.12. The number of carbonyl (C=O) groups is 1. The normalized spacial score (nSPS) is 16.5. The van der Waals surface area contributed by atoms with Gasteiger partial charge in [0.25, 0.3) is 0 Å². The van der Waals surface area contributed by atoms with Gasteiger partial charge in [0.1, 0.15) is 30.6 Å². The monoisotopic (exact) mass is 474 g/mol. The number of aromatic nitrogens is 2. The highest BCUT2D eigenvalue weighted by Gasteiger charge is 2.26. The Bertz CT molecular complexity index is 1160. The summed E-state index contributed by atoms with van der Waals surface area (Å²) >= 11 is 5.89. The second kappa shape index (κ2) is 10.2. The number of halogens is 2. The van der Waals surface area contributed by atoms with Crippen molar-refractivity contribution in [2.24, 2.45) is 0 Å². The maximum absolute atomic E-state index is 13.5. The molecular weight excluding hydrogens is 451 g/mol. The molecule has 2 aromatic carbocycles. The maximum Gasteiger partial charge on any atom is 0.323 e. The van der Waals surface area contributed by atoms with Crippen LogP contribution in [-0.4, -0.2) is 60.3 Å². The number of rotatable bonds is 8. The Balaban J connectivity index is 1.49. The first-order chi connectivity index (χ1) is 16.0. The Morgan fingerprint density at radius 3 is 2.91 bits per heavy atom. The fraction of sp³-hybridized carbons (Fsp3) is 0.348. The van der Waals surface area contributed by atoms with Crippen molar-refractivity contribution >= 4 is 40.0 Å². The fourth-order valence-corrected chi connectivity index (χ4v) is 3.81. The minimum atomic E-state index is -0.494. The minimum absolute atomic E-state index is 0.0142. The van der Waals surface area contributed by atoms with Crippen molar-refractivity contribution in [1.82, 2.24) is 14.9 Å². The third-order valence-corrected chi connectivity index (χ3v) is 5.75. The van der Waals surface area contributed by atoms with E-state index in [0.29, 0.717) is 60.2 Å². The summed E-state index contributed by atoms with van der Waals surface area (Å²) in [5, 5.41) is 3.87. The largest absolute Gasteiger partial charge is 0.493 e. The number of ether oxygens (including phenoxy) is 3. The van der Waals surface area contributed by atoms with Gasteiger partial charge in [-0.15, -0.1) is 0 Å². The number of methoxy groups -OCH3 is 1. The summed E-state index contributed by atoms with van der Waals surface area (Å²) in [4.78, 5) is 22.4. The summed E-state index contributed by atoms with van der Waals surface area (Å²) < 4.78 is 30.0. The van der Waals surface area contributed by atoms with Crippen molar-refractivity contribution in [3.05, 3.63) is 47.5 Å². The van der Waals surface area contributed by atoms with Gasteiger partial charge in [-0.3, -0.25) is 9.69 Å². The minimum Gasteiger partial charge on any atom is -0.493 e. The first-order valence-corrected chi connectivity index (χ1v) is 10.9. The Hall–Kier alpha value is -3.17. The molecule has 1 saturated heterocycles. The van der Waals surface area contributed by atoms with Gasteiger partial charge >= 0.3 is 5.97 Å². The van der Waals surface area contributed by atoms with E-state index in [0.717, 1.165) is 6.42 Å². The number of hydrogen-bond donors (Lipinski definition) is 1. The number of anilines is 2. The average molecular weight is 475 g/mol. The molecule has 1 unspecified atom stereocenters. The number of morpholine rings is 1. The number of fused-ring (bicyclic) bond motifs is 1. The van der Waals surface area contributed by atoms with Crippen molar-refractivity contribution in [3.63, 3.8) is 0 Å². The molecule has 0 aliphatic carbocycles.